The highest BCUT2D eigenvalue weighted by atomic mass is 32.1. The molecule has 3 heterocycles. The highest BCUT2D eigenvalue weighted by molar-refractivity contribution is 7.15. The number of hydrogen-bond acceptors (Lipinski definition) is 6. The third-order valence-corrected chi connectivity index (χ3v) is 4.57. The average Bonchev–Trinajstić information content (AvgIpc) is 3.05. The first-order valence-electron chi connectivity index (χ1n) is 7.36. The fraction of sp³-hybridized carbons (Fsp3) is 0.643. The van der Waals surface area contributed by atoms with Gasteiger partial charge < -0.3 is 20.1 Å². The van der Waals surface area contributed by atoms with Gasteiger partial charge in [-0.1, -0.05) is 0 Å². The average molecular weight is 310 g/mol. The van der Waals surface area contributed by atoms with Gasteiger partial charge in [-0.2, -0.15) is 0 Å². The summed E-state index contributed by atoms with van der Waals surface area (Å²) in [5, 5.41) is 15.3. The van der Waals surface area contributed by atoms with Gasteiger partial charge in [-0.3, -0.25) is 4.40 Å². The van der Waals surface area contributed by atoms with Gasteiger partial charge in [0.15, 0.2) is 10.8 Å². The zero-order chi connectivity index (χ0) is 14.7. The molecule has 0 bridgehead atoms. The van der Waals surface area contributed by atoms with Gasteiger partial charge in [0, 0.05) is 44.9 Å². The number of piperidine rings is 1. The van der Waals surface area contributed by atoms with Gasteiger partial charge in [0.2, 0.25) is 0 Å². The van der Waals surface area contributed by atoms with E-state index in [1.807, 2.05) is 0 Å². The molecule has 1 aliphatic heterocycles. The molecule has 7 heteroatoms. The van der Waals surface area contributed by atoms with Crippen LogP contribution in [0.25, 0.3) is 4.96 Å². The van der Waals surface area contributed by atoms with E-state index in [1.54, 1.807) is 18.4 Å². The van der Waals surface area contributed by atoms with Gasteiger partial charge in [-0.05, 0) is 12.8 Å². The van der Waals surface area contributed by atoms with Crippen molar-refractivity contribution in [1.29, 1.82) is 0 Å². The van der Waals surface area contributed by atoms with Gasteiger partial charge in [0.1, 0.15) is 0 Å². The smallest absolute Gasteiger partial charge is 0.195 e. The molecule has 0 saturated carbocycles. The first kappa shape index (κ1) is 14.8. The number of methoxy groups -OCH3 is 1. The summed E-state index contributed by atoms with van der Waals surface area (Å²) in [5.41, 5.74) is 1.16. The minimum absolute atomic E-state index is 0.243. The second-order valence-corrected chi connectivity index (χ2v) is 6.22. The van der Waals surface area contributed by atoms with Crippen LogP contribution in [0.5, 0.6) is 0 Å². The van der Waals surface area contributed by atoms with Crippen molar-refractivity contribution in [2.24, 2.45) is 0 Å². The van der Waals surface area contributed by atoms with Crippen molar-refractivity contribution in [1.82, 2.24) is 14.7 Å². The van der Waals surface area contributed by atoms with E-state index in [0.29, 0.717) is 13.2 Å². The molecule has 1 aliphatic rings. The number of imidazole rings is 1. The van der Waals surface area contributed by atoms with Crippen molar-refractivity contribution in [3.8, 4) is 0 Å². The van der Waals surface area contributed by atoms with Crippen molar-refractivity contribution in [2.45, 2.75) is 25.5 Å². The Bertz CT molecular complexity index is 583. The predicted molar refractivity (Wildman–Crippen MR) is 84.1 cm³/mol. The molecular formula is C14H22N4O2S. The highest BCUT2D eigenvalue weighted by Gasteiger charge is 2.23. The zero-order valence-electron chi connectivity index (χ0n) is 12.3. The van der Waals surface area contributed by atoms with Gasteiger partial charge >= 0.3 is 0 Å². The molecule has 116 valence electrons. The molecule has 1 unspecified atom stereocenters. The van der Waals surface area contributed by atoms with E-state index in [2.05, 4.69) is 26.2 Å². The molecule has 2 N–H and O–H groups in total. The summed E-state index contributed by atoms with van der Waals surface area (Å²) in [4.78, 5) is 7.97. The molecule has 0 aromatic carbocycles. The maximum atomic E-state index is 9.90. The number of rotatable bonds is 6. The lowest BCUT2D eigenvalue weighted by molar-refractivity contribution is 0.154. The van der Waals surface area contributed by atoms with Crippen molar-refractivity contribution in [3.05, 3.63) is 17.3 Å². The third kappa shape index (κ3) is 3.21. The van der Waals surface area contributed by atoms with Crippen LogP contribution in [0.3, 0.4) is 0 Å². The Morgan fingerprint density at radius 2 is 2.48 bits per heavy atom. The normalized spacial score (nSPS) is 19.5. The number of fused-ring (bicyclic) bond motifs is 1. The first-order valence-corrected chi connectivity index (χ1v) is 8.24. The molecule has 6 nitrogen and oxygen atoms in total. The van der Waals surface area contributed by atoms with Crippen LogP contribution in [-0.2, 0) is 11.3 Å². The lowest BCUT2D eigenvalue weighted by Crippen LogP contribution is -2.39. The number of nitrogens with zero attached hydrogens (tertiary/aromatic N) is 3. The number of aliphatic hydroxyl groups is 1. The molecule has 1 fully saturated rings. The molecule has 2 aromatic rings. The topological polar surface area (TPSA) is 62.0 Å². The van der Waals surface area contributed by atoms with Crippen LogP contribution in [0.4, 0.5) is 5.82 Å². The Balaban J connectivity index is 1.81. The number of hydrogen-bond donors (Lipinski definition) is 2. The van der Waals surface area contributed by atoms with Crippen LogP contribution in [-0.4, -0.2) is 53.9 Å². The molecule has 0 radical (unpaired) electrons. The van der Waals surface area contributed by atoms with E-state index in [0.717, 1.165) is 48.9 Å². The van der Waals surface area contributed by atoms with E-state index in [-0.39, 0.29) is 6.10 Å². The predicted octanol–water partition coefficient (Wildman–Crippen LogP) is 1.09. The first-order chi connectivity index (χ1) is 10.3. The van der Waals surface area contributed by atoms with Crippen LogP contribution in [0.2, 0.25) is 0 Å². The van der Waals surface area contributed by atoms with Gasteiger partial charge in [0.05, 0.1) is 18.4 Å². The number of nitrogens with one attached hydrogen (secondary N) is 1. The largest absolute Gasteiger partial charge is 0.391 e. The summed E-state index contributed by atoms with van der Waals surface area (Å²) in [6.45, 7) is 3.91. The quantitative estimate of drug-likeness (QED) is 0.782. The van der Waals surface area contributed by atoms with Crippen molar-refractivity contribution in [2.75, 3.05) is 38.3 Å². The SMILES string of the molecule is COCCNCc1c(N2CCCC(O)C2)nc2sccn12. The number of β-amino-alcohol motifs (C(OH)–C–C–N with tert-alkyl or cyclic N) is 1. The van der Waals surface area contributed by atoms with Crippen LogP contribution in [0.15, 0.2) is 11.6 Å². The number of aromatic nitrogens is 2. The molecule has 0 spiro atoms. The van der Waals surface area contributed by atoms with E-state index in [9.17, 15) is 5.11 Å². The fourth-order valence-corrected chi connectivity index (χ4v) is 3.49. The van der Waals surface area contributed by atoms with Gasteiger partial charge in [-0.25, -0.2) is 4.98 Å². The maximum absolute atomic E-state index is 9.90. The van der Waals surface area contributed by atoms with Crippen LogP contribution in [0.1, 0.15) is 18.5 Å². The molecule has 0 aliphatic carbocycles. The maximum Gasteiger partial charge on any atom is 0.195 e. The van der Waals surface area contributed by atoms with Crippen LogP contribution >= 0.6 is 11.3 Å². The van der Waals surface area contributed by atoms with E-state index >= 15 is 0 Å². The Hall–Kier alpha value is -1.15. The third-order valence-electron chi connectivity index (χ3n) is 3.81. The molecule has 1 saturated heterocycles. The van der Waals surface area contributed by atoms with E-state index < -0.39 is 0 Å². The second-order valence-electron chi connectivity index (χ2n) is 5.35. The number of anilines is 1. The van der Waals surface area contributed by atoms with Crippen molar-refractivity contribution >= 4 is 22.1 Å². The number of ether oxygens (including phenoxy) is 1. The lowest BCUT2D eigenvalue weighted by Gasteiger charge is -2.31. The summed E-state index contributed by atoms with van der Waals surface area (Å²) >= 11 is 1.64. The minimum atomic E-state index is -0.243. The standard InChI is InChI=1S/C14H22N4O2S/c1-20-7-4-15-9-12-13(16-14-18(12)6-8-21-14)17-5-2-3-11(19)10-17/h6,8,11,15,19H,2-5,7,9-10H2,1H3. The van der Waals surface area contributed by atoms with Crippen LogP contribution < -0.4 is 10.2 Å². The van der Waals surface area contributed by atoms with Crippen molar-refractivity contribution < 1.29 is 9.84 Å². The van der Waals surface area contributed by atoms with Gasteiger partial charge in [0.25, 0.3) is 0 Å². The Morgan fingerprint density at radius 3 is 3.29 bits per heavy atom. The molecule has 3 rings (SSSR count). The molecule has 1 atom stereocenters. The van der Waals surface area contributed by atoms with Gasteiger partial charge in [-0.15, -0.1) is 11.3 Å². The Morgan fingerprint density at radius 1 is 1.57 bits per heavy atom. The van der Waals surface area contributed by atoms with E-state index in [1.165, 1.54) is 0 Å². The van der Waals surface area contributed by atoms with Crippen molar-refractivity contribution in [3.63, 3.8) is 0 Å². The fourth-order valence-electron chi connectivity index (χ4n) is 2.77. The molecule has 2 aromatic heterocycles. The molecule has 21 heavy (non-hydrogen) atoms. The monoisotopic (exact) mass is 310 g/mol. The molecule has 0 amide bonds. The summed E-state index contributed by atoms with van der Waals surface area (Å²) < 4.78 is 7.21. The zero-order valence-corrected chi connectivity index (χ0v) is 13.1. The van der Waals surface area contributed by atoms with E-state index in [4.69, 9.17) is 9.72 Å². The summed E-state index contributed by atoms with van der Waals surface area (Å²) in [6, 6.07) is 0. The van der Waals surface area contributed by atoms with Crippen LogP contribution in [0, 0.1) is 0 Å². The summed E-state index contributed by atoms with van der Waals surface area (Å²) in [6.07, 6.45) is 3.72. The Labute approximate surface area is 128 Å². The molecular weight excluding hydrogens is 288 g/mol. The number of thiazole rings is 1. The summed E-state index contributed by atoms with van der Waals surface area (Å²) in [5.74, 6) is 1.01. The lowest BCUT2D eigenvalue weighted by atomic mass is 10.1. The minimum Gasteiger partial charge on any atom is -0.391 e. The summed E-state index contributed by atoms with van der Waals surface area (Å²) in [7, 11) is 1.71. The second kappa shape index (κ2) is 6.74. The highest BCUT2D eigenvalue weighted by Crippen LogP contribution is 2.27. The Kier molecular flexibility index (Phi) is 4.74. The number of aliphatic hydroxyl groups excluding tert-OH is 1.